The van der Waals surface area contributed by atoms with E-state index in [4.69, 9.17) is 0 Å². The van der Waals surface area contributed by atoms with Crippen LogP contribution < -0.4 is 0 Å². The van der Waals surface area contributed by atoms with E-state index in [2.05, 4.69) is 23.8 Å². The summed E-state index contributed by atoms with van der Waals surface area (Å²) in [6.45, 7) is 4.47. The molecule has 176 valence electrons. The lowest BCUT2D eigenvalue weighted by Crippen LogP contribution is -2.20. The minimum absolute atomic E-state index is 0.00441. The van der Waals surface area contributed by atoms with Crippen LogP contribution in [0.25, 0.3) is 11.3 Å². The predicted molar refractivity (Wildman–Crippen MR) is 122 cm³/mol. The molecule has 7 heteroatoms. The number of carbonyl (C=O) groups excluding carboxylic acids is 2. The Hall–Kier alpha value is -3.35. The Morgan fingerprint density at radius 1 is 1.00 bits per heavy atom. The summed E-state index contributed by atoms with van der Waals surface area (Å²) < 4.78 is 43.4. The van der Waals surface area contributed by atoms with Gasteiger partial charge in [-0.05, 0) is 78.5 Å². The zero-order chi connectivity index (χ0) is 24.4. The number of rotatable bonds is 6. The average Bonchev–Trinajstić information content (AvgIpc) is 2.79. The molecule has 1 unspecified atom stereocenters. The molecule has 34 heavy (non-hydrogen) atoms. The summed E-state index contributed by atoms with van der Waals surface area (Å²) in [6, 6.07) is 5.72. The van der Waals surface area contributed by atoms with Crippen LogP contribution in [0.1, 0.15) is 71.0 Å². The molecule has 3 aromatic rings. The van der Waals surface area contributed by atoms with Crippen LogP contribution in [-0.2, 0) is 6.42 Å². The van der Waals surface area contributed by atoms with Gasteiger partial charge in [-0.1, -0.05) is 13.8 Å². The van der Waals surface area contributed by atoms with Crippen molar-refractivity contribution < 1.29 is 22.8 Å². The summed E-state index contributed by atoms with van der Waals surface area (Å²) >= 11 is 0. The fourth-order valence-electron chi connectivity index (χ4n) is 5.11. The van der Waals surface area contributed by atoms with E-state index in [0.717, 1.165) is 42.2 Å². The van der Waals surface area contributed by atoms with Crippen LogP contribution in [0, 0.1) is 29.3 Å². The molecule has 0 amide bonds. The molecule has 1 aliphatic rings. The smallest absolute Gasteiger partial charge is 0.185 e. The van der Waals surface area contributed by atoms with Gasteiger partial charge in [-0.2, -0.15) is 0 Å². The monoisotopic (exact) mass is 466 g/mol. The zero-order valence-corrected chi connectivity index (χ0v) is 19.0. The molecule has 4 nitrogen and oxygen atoms in total. The molecule has 0 N–H and O–H groups in total. The van der Waals surface area contributed by atoms with Crippen molar-refractivity contribution in [1.82, 2.24) is 9.97 Å². The molecule has 0 radical (unpaired) electrons. The van der Waals surface area contributed by atoms with Crippen LogP contribution in [-0.4, -0.2) is 22.0 Å². The van der Waals surface area contributed by atoms with Crippen molar-refractivity contribution in [2.24, 2.45) is 11.8 Å². The lowest BCUT2D eigenvalue weighted by atomic mass is 9.73. The van der Waals surface area contributed by atoms with Crippen molar-refractivity contribution in [2.75, 3.05) is 0 Å². The number of hydrogen-bond acceptors (Lipinski definition) is 4. The molecule has 0 bridgehead atoms. The summed E-state index contributed by atoms with van der Waals surface area (Å²) in [6.07, 6.45) is 6.91. The van der Waals surface area contributed by atoms with Gasteiger partial charge in [-0.25, -0.2) is 18.2 Å². The summed E-state index contributed by atoms with van der Waals surface area (Å²) in [5.41, 5.74) is 0.200. The fraction of sp³-hybridized carbons (Fsp3) is 0.333. The number of benzene rings is 1. The Labute approximate surface area is 196 Å². The number of aromatic nitrogens is 2. The van der Waals surface area contributed by atoms with Gasteiger partial charge in [0.1, 0.15) is 35.1 Å². The highest BCUT2D eigenvalue weighted by molar-refractivity contribution is 5.96. The number of aldehydes is 1. The standard InChI is InChI=1S/C27H25F3N2O2/c1-15-7-16(2)9-18(8-15)20-5-6-31-13-19(20)12-25(34)24-4-3-21(28)27(32-24)26-22(29)10-17(14-33)11-23(26)30/h3-6,10-11,13-16,18H,7-9,12H2,1-2H3/t15-,16+,18?. The summed E-state index contributed by atoms with van der Waals surface area (Å²) in [5.74, 6) is -2.15. The Morgan fingerprint density at radius 2 is 1.68 bits per heavy atom. The minimum Gasteiger partial charge on any atom is -0.298 e. The summed E-state index contributed by atoms with van der Waals surface area (Å²) in [4.78, 5) is 32.1. The SMILES string of the molecule is C[C@@H]1CC(c2ccncc2CC(=O)c2ccc(F)c(-c3c(F)cc(C=O)cc3F)n2)C[C@H](C)C1. The minimum atomic E-state index is -1.13. The van der Waals surface area contributed by atoms with Crippen molar-refractivity contribution in [1.29, 1.82) is 0 Å². The third-order valence-electron chi connectivity index (χ3n) is 6.48. The maximum absolute atomic E-state index is 14.5. The quantitative estimate of drug-likeness (QED) is 0.314. The molecule has 0 saturated heterocycles. The van der Waals surface area contributed by atoms with Crippen LogP contribution in [0.5, 0.6) is 0 Å². The first-order valence-electron chi connectivity index (χ1n) is 11.3. The second kappa shape index (κ2) is 9.87. The van der Waals surface area contributed by atoms with E-state index in [-0.39, 0.29) is 17.7 Å². The molecule has 1 aliphatic carbocycles. The van der Waals surface area contributed by atoms with Crippen molar-refractivity contribution in [3.8, 4) is 11.3 Å². The van der Waals surface area contributed by atoms with Crippen LogP contribution in [0.4, 0.5) is 13.2 Å². The molecule has 2 heterocycles. The van der Waals surface area contributed by atoms with Crippen molar-refractivity contribution in [3.05, 3.63) is 82.6 Å². The van der Waals surface area contributed by atoms with Gasteiger partial charge in [0.2, 0.25) is 0 Å². The number of pyridine rings is 2. The van der Waals surface area contributed by atoms with Crippen LogP contribution in [0.2, 0.25) is 0 Å². The molecule has 1 saturated carbocycles. The highest BCUT2D eigenvalue weighted by Crippen LogP contribution is 2.40. The molecular formula is C27H25F3N2O2. The number of carbonyl (C=O) groups is 2. The van der Waals surface area contributed by atoms with Gasteiger partial charge in [-0.3, -0.25) is 14.6 Å². The van der Waals surface area contributed by atoms with Crippen LogP contribution in [0.3, 0.4) is 0 Å². The Morgan fingerprint density at radius 3 is 2.32 bits per heavy atom. The number of hydrogen-bond donors (Lipinski definition) is 0. The van der Waals surface area contributed by atoms with E-state index in [1.807, 2.05) is 6.07 Å². The third kappa shape index (κ3) is 4.93. The molecule has 1 aromatic carbocycles. The van der Waals surface area contributed by atoms with E-state index < -0.39 is 34.5 Å². The van der Waals surface area contributed by atoms with Gasteiger partial charge in [0, 0.05) is 24.4 Å². The molecule has 4 rings (SSSR count). The normalized spacial score (nSPS) is 20.2. The van der Waals surface area contributed by atoms with Gasteiger partial charge in [0.25, 0.3) is 0 Å². The highest BCUT2D eigenvalue weighted by atomic mass is 19.1. The van der Waals surface area contributed by atoms with Crippen LogP contribution in [0.15, 0.2) is 42.7 Å². The number of nitrogens with zero attached hydrogens (tertiary/aromatic N) is 2. The zero-order valence-electron chi connectivity index (χ0n) is 19.0. The number of Topliss-reactive ketones (excluding diaryl/α,β-unsaturated/α-hetero) is 1. The summed E-state index contributed by atoms with van der Waals surface area (Å²) in [5, 5.41) is 0. The van der Waals surface area contributed by atoms with Gasteiger partial charge in [-0.15, -0.1) is 0 Å². The lowest BCUT2D eigenvalue weighted by Gasteiger charge is -2.32. The van der Waals surface area contributed by atoms with E-state index in [1.165, 1.54) is 12.5 Å². The van der Waals surface area contributed by atoms with E-state index >= 15 is 0 Å². The Bertz CT molecular complexity index is 1210. The maximum Gasteiger partial charge on any atom is 0.185 e. The van der Waals surface area contributed by atoms with E-state index in [0.29, 0.717) is 24.0 Å². The Balaban J connectivity index is 1.65. The van der Waals surface area contributed by atoms with Gasteiger partial charge in [0.05, 0.1) is 5.56 Å². The number of ketones is 1. The number of halogens is 3. The van der Waals surface area contributed by atoms with Crippen molar-refractivity contribution in [3.63, 3.8) is 0 Å². The van der Waals surface area contributed by atoms with Gasteiger partial charge < -0.3 is 0 Å². The largest absolute Gasteiger partial charge is 0.298 e. The van der Waals surface area contributed by atoms with E-state index in [9.17, 15) is 22.8 Å². The second-order valence-electron chi connectivity index (χ2n) is 9.29. The Kier molecular flexibility index (Phi) is 6.91. The molecule has 1 fully saturated rings. The van der Waals surface area contributed by atoms with Crippen molar-refractivity contribution >= 4 is 12.1 Å². The maximum atomic E-state index is 14.5. The molecule has 0 spiro atoms. The first-order valence-corrected chi connectivity index (χ1v) is 11.3. The second-order valence-corrected chi connectivity index (χ2v) is 9.29. The fourth-order valence-corrected chi connectivity index (χ4v) is 5.11. The van der Waals surface area contributed by atoms with E-state index in [1.54, 1.807) is 12.4 Å². The average molecular weight is 467 g/mol. The molecular weight excluding hydrogens is 441 g/mol. The topological polar surface area (TPSA) is 59.9 Å². The first kappa shape index (κ1) is 23.8. The lowest BCUT2D eigenvalue weighted by molar-refractivity contribution is 0.0987. The predicted octanol–water partition coefficient (Wildman–Crippen LogP) is 6.34. The van der Waals surface area contributed by atoms with Gasteiger partial charge in [0.15, 0.2) is 5.78 Å². The van der Waals surface area contributed by atoms with Gasteiger partial charge >= 0.3 is 0 Å². The molecule has 0 aliphatic heterocycles. The summed E-state index contributed by atoms with van der Waals surface area (Å²) in [7, 11) is 0. The molecule has 3 atom stereocenters. The highest BCUT2D eigenvalue weighted by Gasteiger charge is 2.27. The van der Waals surface area contributed by atoms with Crippen molar-refractivity contribution in [2.45, 2.75) is 45.4 Å². The first-order chi connectivity index (χ1) is 16.3. The third-order valence-corrected chi connectivity index (χ3v) is 6.48. The molecule has 2 aromatic heterocycles. The van der Waals surface area contributed by atoms with Crippen LogP contribution >= 0.6 is 0 Å².